The summed E-state index contributed by atoms with van der Waals surface area (Å²) in [5, 5.41) is 2.54. The number of nitrogens with two attached hydrogens (primary N) is 1. The third-order valence-electron chi connectivity index (χ3n) is 3.74. The molecule has 1 nitrogen and oxygen atoms in total. The molecule has 21 heavy (non-hydrogen) atoms. The van der Waals surface area contributed by atoms with Gasteiger partial charge >= 0.3 is 0 Å². The van der Waals surface area contributed by atoms with Crippen LogP contribution >= 0.6 is 11.8 Å². The van der Waals surface area contributed by atoms with Crippen molar-refractivity contribution < 1.29 is 0 Å². The Bertz CT molecular complexity index is 793. The van der Waals surface area contributed by atoms with E-state index in [4.69, 9.17) is 5.73 Å². The van der Waals surface area contributed by atoms with Crippen molar-refractivity contribution in [3.05, 3.63) is 71.3 Å². The third-order valence-corrected chi connectivity index (χ3v) is 5.00. The molecule has 0 bridgehead atoms. The summed E-state index contributed by atoms with van der Waals surface area (Å²) in [6.07, 6.45) is 0. The van der Waals surface area contributed by atoms with E-state index in [0.29, 0.717) is 6.54 Å². The Kier molecular flexibility index (Phi) is 4.00. The summed E-state index contributed by atoms with van der Waals surface area (Å²) in [7, 11) is 0. The van der Waals surface area contributed by atoms with Gasteiger partial charge in [0.2, 0.25) is 0 Å². The molecule has 0 aliphatic rings. The molecule has 106 valence electrons. The number of hydrogen-bond acceptors (Lipinski definition) is 2. The van der Waals surface area contributed by atoms with Crippen molar-refractivity contribution in [2.24, 2.45) is 5.73 Å². The van der Waals surface area contributed by atoms with Crippen LogP contribution in [-0.4, -0.2) is 0 Å². The second-order valence-corrected chi connectivity index (χ2v) is 6.43. The van der Waals surface area contributed by atoms with Crippen LogP contribution in [0.4, 0.5) is 0 Å². The van der Waals surface area contributed by atoms with Crippen molar-refractivity contribution in [3.8, 4) is 0 Å². The average Bonchev–Trinajstić information content (AvgIpc) is 2.50. The van der Waals surface area contributed by atoms with Gasteiger partial charge in [-0.15, -0.1) is 0 Å². The Morgan fingerprint density at radius 2 is 1.57 bits per heavy atom. The van der Waals surface area contributed by atoms with Gasteiger partial charge in [-0.3, -0.25) is 0 Å². The van der Waals surface area contributed by atoms with Crippen LogP contribution in [0.2, 0.25) is 0 Å². The fourth-order valence-corrected chi connectivity index (χ4v) is 3.65. The Hall–Kier alpha value is -1.77. The average molecular weight is 293 g/mol. The fraction of sp³-hybridized carbons (Fsp3) is 0.158. The molecule has 0 spiro atoms. The van der Waals surface area contributed by atoms with Gasteiger partial charge in [0.05, 0.1) is 0 Å². The molecule has 3 aromatic carbocycles. The highest BCUT2D eigenvalue weighted by Gasteiger charge is 2.07. The first-order chi connectivity index (χ1) is 10.2. The number of benzene rings is 3. The van der Waals surface area contributed by atoms with E-state index in [0.717, 1.165) is 0 Å². The normalized spacial score (nSPS) is 11.0. The molecule has 0 aromatic heterocycles. The minimum atomic E-state index is 0.578. The molecule has 0 radical (unpaired) electrons. The van der Waals surface area contributed by atoms with Crippen LogP contribution in [0.5, 0.6) is 0 Å². The second-order valence-electron chi connectivity index (χ2n) is 5.34. The molecule has 3 aromatic rings. The van der Waals surface area contributed by atoms with Crippen LogP contribution in [0.15, 0.2) is 64.4 Å². The highest BCUT2D eigenvalue weighted by Crippen LogP contribution is 2.36. The van der Waals surface area contributed by atoms with Crippen molar-refractivity contribution in [1.82, 2.24) is 0 Å². The lowest BCUT2D eigenvalue weighted by Crippen LogP contribution is -1.97. The monoisotopic (exact) mass is 293 g/mol. The molecular formula is C19H19NS. The summed E-state index contributed by atoms with van der Waals surface area (Å²) in [6.45, 7) is 4.88. The maximum atomic E-state index is 5.85. The van der Waals surface area contributed by atoms with E-state index < -0.39 is 0 Å². The zero-order valence-corrected chi connectivity index (χ0v) is 13.2. The summed E-state index contributed by atoms with van der Waals surface area (Å²) in [4.78, 5) is 2.60. The van der Waals surface area contributed by atoms with E-state index in [1.54, 1.807) is 0 Å². The molecule has 0 saturated carbocycles. The van der Waals surface area contributed by atoms with Gasteiger partial charge in [0.1, 0.15) is 0 Å². The summed E-state index contributed by atoms with van der Waals surface area (Å²) in [5.74, 6) is 0. The highest BCUT2D eigenvalue weighted by molar-refractivity contribution is 7.99. The largest absolute Gasteiger partial charge is 0.326 e. The minimum absolute atomic E-state index is 0.578. The molecule has 0 unspecified atom stereocenters. The smallest absolute Gasteiger partial charge is 0.0201 e. The van der Waals surface area contributed by atoms with Gasteiger partial charge in [-0.25, -0.2) is 0 Å². The molecule has 0 saturated heterocycles. The predicted molar refractivity (Wildman–Crippen MR) is 91.9 cm³/mol. The van der Waals surface area contributed by atoms with E-state index in [9.17, 15) is 0 Å². The van der Waals surface area contributed by atoms with E-state index in [2.05, 4.69) is 68.4 Å². The predicted octanol–water partition coefficient (Wildman–Crippen LogP) is 5.07. The quantitative estimate of drug-likeness (QED) is 0.730. The van der Waals surface area contributed by atoms with Crippen LogP contribution in [0.3, 0.4) is 0 Å². The number of rotatable bonds is 3. The van der Waals surface area contributed by atoms with Crippen molar-refractivity contribution in [1.29, 1.82) is 0 Å². The molecule has 0 aliphatic heterocycles. The van der Waals surface area contributed by atoms with Crippen LogP contribution in [0, 0.1) is 13.8 Å². The molecule has 3 rings (SSSR count). The van der Waals surface area contributed by atoms with Gasteiger partial charge in [-0.2, -0.15) is 0 Å². The van der Waals surface area contributed by atoms with Crippen molar-refractivity contribution in [3.63, 3.8) is 0 Å². The van der Waals surface area contributed by atoms with E-state index >= 15 is 0 Å². The van der Waals surface area contributed by atoms with E-state index in [1.165, 1.54) is 37.3 Å². The Balaban J connectivity index is 2.09. The molecule has 0 aliphatic carbocycles. The van der Waals surface area contributed by atoms with Crippen LogP contribution in [0.1, 0.15) is 16.7 Å². The van der Waals surface area contributed by atoms with Crippen LogP contribution in [0.25, 0.3) is 10.8 Å². The lowest BCUT2D eigenvalue weighted by molar-refractivity contribution is 1.08. The van der Waals surface area contributed by atoms with Crippen molar-refractivity contribution in [2.75, 3.05) is 0 Å². The van der Waals surface area contributed by atoms with Gasteiger partial charge in [0.25, 0.3) is 0 Å². The molecule has 0 fully saturated rings. The number of fused-ring (bicyclic) bond motifs is 1. The van der Waals surface area contributed by atoms with E-state index in [1.807, 2.05) is 11.8 Å². The van der Waals surface area contributed by atoms with Gasteiger partial charge < -0.3 is 5.73 Å². The first-order valence-electron chi connectivity index (χ1n) is 7.15. The Morgan fingerprint density at radius 1 is 0.857 bits per heavy atom. The Labute approximate surface area is 130 Å². The SMILES string of the molecule is Cc1ccc(Sc2ccc(CN)c3ccccc23)c(C)c1. The van der Waals surface area contributed by atoms with Crippen LogP contribution < -0.4 is 5.73 Å². The van der Waals surface area contributed by atoms with Crippen molar-refractivity contribution >= 4 is 22.5 Å². The van der Waals surface area contributed by atoms with Crippen LogP contribution in [-0.2, 0) is 6.54 Å². The van der Waals surface area contributed by atoms with Gasteiger partial charge in [0.15, 0.2) is 0 Å². The van der Waals surface area contributed by atoms with Gasteiger partial charge in [-0.1, -0.05) is 59.8 Å². The third kappa shape index (κ3) is 2.82. The summed E-state index contributed by atoms with van der Waals surface area (Å²) >= 11 is 1.83. The zero-order valence-electron chi connectivity index (χ0n) is 12.4. The summed E-state index contributed by atoms with van der Waals surface area (Å²) < 4.78 is 0. The van der Waals surface area contributed by atoms with Gasteiger partial charge in [0, 0.05) is 16.3 Å². The first-order valence-corrected chi connectivity index (χ1v) is 7.96. The molecule has 0 atom stereocenters. The zero-order chi connectivity index (χ0) is 14.8. The lowest BCUT2D eigenvalue weighted by atomic mass is 10.0. The molecule has 0 amide bonds. The molecule has 2 heteroatoms. The van der Waals surface area contributed by atoms with Gasteiger partial charge in [-0.05, 0) is 47.9 Å². The van der Waals surface area contributed by atoms with E-state index in [-0.39, 0.29) is 0 Å². The number of hydrogen-bond donors (Lipinski definition) is 1. The standard InChI is InChI=1S/C19H19NS/c1-13-7-9-18(14(2)11-13)21-19-10-8-15(12-20)16-5-3-4-6-17(16)19/h3-11H,12,20H2,1-2H3. The van der Waals surface area contributed by atoms with Crippen molar-refractivity contribution in [2.45, 2.75) is 30.2 Å². The second kappa shape index (κ2) is 5.92. The highest BCUT2D eigenvalue weighted by atomic mass is 32.2. The molecule has 2 N–H and O–H groups in total. The maximum absolute atomic E-state index is 5.85. The fourth-order valence-electron chi connectivity index (χ4n) is 2.63. The molecular weight excluding hydrogens is 274 g/mol. The maximum Gasteiger partial charge on any atom is 0.0201 e. The summed E-state index contributed by atoms with van der Waals surface area (Å²) in [6, 6.07) is 19.5. The Morgan fingerprint density at radius 3 is 2.29 bits per heavy atom. The number of aryl methyl sites for hydroxylation is 2. The first kappa shape index (κ1) is 14.2. The lowest BCUT2D eigenvalue weighted by Gasteiger charge is -2.11. The minimum Gasteiger partial charge on any atom is -0.326 e. The summed E-state index contributed by atoms with van der Waals surface area (Å²) in [5.41, 5.74) is 9.69. The molecule has 0 heterocycles. The topological polar surface area (TPSA) is 26.0 Å².